The Bertz CT molecular complexity index is 892. The summed E-state index contributed by atoms with van der Waals surface area (Å²) < 4.78 is 10.3. The van der Waals surface area contributed by atoms with Crippen LogP contribution < -0.4 is 5.32 Å². The maximum Gasteiger partial charge on any atom is 0.344 e. The van der Waals surface area contributed by atoms with Crippen molar-refractivity contribution in [1.29, 1.82) is 0 Å². The molecular formula is C22H22N2O4. The van der Waals surface area contributed by atoms with Gasteiger partial charge < -0.3 is 14.6 Å². The third-order valence-corrected chi connectivity index (χ3v) is 4.44. The summed E-state index contributed by atoms with van der Waals surface area (Å²) in [5, 5.41) is 6.71. The van der Waals surface area contributed by atoms with E-state index in [4.69, 9.17) is 9.26 Å². The number of carbonyl (C=O) groups is 2. The number of nitrogens with one attached hydrogen (secondary N) is 1. The molecule has 0 spiro atoms. The van der Waals surface area contributed by atoms with E-state index in [0.29, 0.717) is 11.5 Å². The van der Waals surface area contributed by atoms with E-state index in [1.165, 1.54) is 0 Å². The Balaban J connectivity index is 1.75. The normalized spacial score (nSPS) is 11.9. The van der Waals surface area contributed by atoms with Crippen molar-refractivity contribution in [2.45, 2.75) is 32.9 Å². The van der Waals surface area contributed by atoms with Crippen LogP contribution in [0, 0.1) is 13.8 Å². The number of hydrogen-bond acceptors (Lipinski definition) is 5. The van der Waals surface area contributed by atoms with Gasteiger partial charge in [-0.05, 0) is 31.9 Å². The number of amides is 1. The first-order valence-electron chi connectivity index (χ1n) is 9.01. The van der Waals surface area contributed by atoms with E-state index >= 15 is 0 Å². The number of hydrogen-bond donors (Lipinski definition) is 1. The first kappa shape index (κ1) is 19.4. The van der Waals surface area contributed by atoms with Crippen LogP contribution >= 0.6 is 0 Å². The van der Waals surface area contributed by atoms with E-state index < -0.39 is 18.0 Å². The van der Waals surface area contributed by atoms with Crippen LogP contribution in [0.4, 0.5) is 0 Å². The molecular weight excluding hydrogens is 356 g/mol. The lowest BCUT2D eigenvalue weighted by Gasteiger charge is -2.22. The van der Waals surface area contributed by atoms with Crippen LogP contribution in [0.3, 0.4) is 0 Å². The molecule has 0 saturated heterocycles. The van der Waals surface area contributed by atoms with Crippen LogP contribution in [-0.4, -0.2) is 23.1 Å². The summed E-state index contributed by atoms with van der Waals surface area (Å²) in [5.41, 5.74) is 2.56. The van der Waals surface area contributed by atoms with Crippen molar-refractivity contribution in [2.24, 2.45) is 0 Å². The molecule has 1 amide bonds. The summed E-state index contributed by atoms with van der Waals surface area (Å²) in [6, 6.07) is 18.9. The lowest BCUT2D eigenvalue weighted by Crippen LogP contribution is -2.38. The highest BCUT2D eigenvalue weighted by Gasteiger charge is 2.26. The summed E-state index contributed by atoms with van der Waals surface area (Å²) in [6.45, 7) is 4.82. The molecule has 1 heterocycles. The number of nitrogens with zero attached hydrogens (tertiary/aromatic N) is 1. The third-order valence-electron chi connectivity index (χ3n) is 4.44. The predicted molar refractivity (Wildman–Crippen MR) is 104 cm³/mol. The molecule has 0 aliphatic heterocycles. The van der Waals surface area contributed by atoms with Gasteiger partial charge in [-0.15, -0.1) is 0 Å². The van der Waals surface area contributed by atoms with Crippen LogP contribution in [0.15, 0.2) is 65.2 Å². The van der Waals surface area contributed by atoms with E-state index in [1.807, 2.05) is 60.7 Å². The molecule has 28 heavy (non-hydrogen) atoms. The summed E-state index contributed by atoms with van der Waals surface area (Å²) in [6.07, 6.45) is -0.976. The van der Waals surface area contributed by atoms with Gasteiger partial charge in [-0.25, -0.2) is 4.79 Å². The molecule has 2 aromatic carbocycles. The molecule has 0 aliphatic rings. The van der Waals surface area contributed by atoms with E-state index in [-0.39, 0.29) is 11.6 Å². The van der Waals surface area contributed by atoms with Crippen LogP contribution in [0.5, 0.6) is 0 Å². The van der Waals surface area contributed by atoms with Gasteiger partial charge in [0.15, 0.2) is 6.10 Å². The number of aryl methyl sites for hydroxylation is 2. The van der Waals surface area contributed by atoms with Crippen molar-refractivity contribution in [2.75, 3.05) is 0 Å². The molecule has 0 fully saturated rings. The lowest BCUT2D eigenvalue weighted by molar-refractivity contribution is -0.129. The van der Waals surface area contributed by atoms with Gasteiger partial charge >= 0.3 is 5.97 Å². The first-order chi connectivity index (χ1) is 13.5. The number of esters is 1. The van der Waals surface area contributed by atoms with Gasteiger partial charge in [-0.2, -0.15) is 0 Å². The Morgan fingerprint density at radius 2 is 1.50 bits per heavy atom. The highest BCUT2D eigenvalue weighted by atomic mass is 16.5. The van der Waals surface area contributed by atoms with Gasteiger partial charge in [0, 0.05) is 0 Å². The average molecular weight is 378 g/mol. The summed E-state index contributed by atoms with van der Waals surface area (Å²) in [4.78, 5) is 25.1. The highest BCUT2D eigenvalue weighted by molar-refractivity contribution is 5.94. The van der Waals surface area contributed by atoms with Gasteiger partial charge in [-0.1, -0.05) is 65.8 Å². The summed E-state index contributed by atoms with van der Waals surface area (Å²) in [5.74, 6) is -0.658. The van der Waals surface area contributed by atoms with Crippen LogP contribution in [-0.2, 0) is 9.53 Å². The van der Waals surface area contributed by atoms with E-state index in [9.17, 15) is 9.59 Å². The number of ether oxygens (including phenoxy) is 1. The van der Waals surface area contributed by atoms with E-state index in [1.54, 1.807) is 20.8 Å². The number of aromatic nitrogens is 1. The van der Waals surface area contributed by atoms with Gasteiger partial charge in [-0.3, -0.25) is 4.79 Å². The summed E-state index contributed by atoms with van der Waals surface area (Å²) in [7, 11) is 0. The maximum atomic E-state index is 12.7. The minimum absolute atomic E-state index is 0.252. The van der Waals surface area contributed by atoms with Crippen molar-refractivity contribution in [3.05, 3.63) is 88.8 Å². The molecule has 3 rings (SSSR count). The molecule has 0 radical (unpaired) electrons. The first-order valence-corrected chi connectivity index (χ1v) is 9.01. The fraction of sp³-hybridized carbons (Fsp3) is 0.227. The topological polar surface area (TPSA) is 81.4 Å². The maximum absolute atomic E-state index is 12.7. The SMILES string of the molecule is Cc1noc(C)c1C(=O)O[C@@H](C)C(=O)NC(c1ccccc1)c1ccccc1. The van der Waals surface area contributed by atoms with Crippen LogP contribution in [0.2, 0.25) is 0 Å². The zero-order valence-electron chi connectivity index (χ0n) is 16.0. The quantitative estimate of drug-likeness (QED) is 0.661. The monoisotopic (exact) mass is 378 g/mol. The van der Waals surface area contributed by atoms with Gasteiger partial charge in [0.1, 0.15) is 11.3 Å². The molecule has 6 heteroatoms. The third kappa shape index (κ3) is 4.28. The van der Waals surface area contributed by atoms with Crippen molar-refractivity contribution in [1.82, 2.24) is 10.5 Å². The molecule has 3 aromatic rings. The number of benzene rings is 2. The molecule has 0 unspecified atom stereocenters. The second-order valence-corrected chi connectivity index (χ2v) is 6.51. The van der Waals surface area contributed by atoms with Gasteiger partial charge in [0.25, 0.3) is 5.91 Å². The molecule has 0 bridgehead atoms. The van der Waals surface area contributed by atoms with Crippen molar-refractivity contribution in [3.63, 3.8) is 0 Å². The summed E-state index contributed by atoms with van der Waals surface area (Å²) >= 11 is 0. The molecule has 1 aromatic heterocycles. The smallest absolute Gasteiger partial charge is 0.344 e. The van der Waals surface area contributed by atoms with Gasteiger partial charge in [0.05, 0.1) is 11.7 Å². The van der Waals surface area contributed by atoms with Crippen molar-refractivity contribution >= 4 is 11.9 Å². The van der Waals surface area contributed by atoms with Crippen LogP contribution in [0.1, 0.15) is 45.9 Å². The predicted octanol–water partition coefficient (Wildman–Crippen LogP) is 3.74. The van der Waals surface area contributed by atoms with Crippen molar-refractivity contribution in [3.8, 4) is 0 Å². The fourth-order valence-electron chi connectivity index (χ4n) is 2.96. The fourth-order valence-corrected chi connectivity index (χ4v) is 2.96. The Labute approximate surface area is 163 Å². The molecule has 0 saturated carbocycles. The van der Waals surface area contributed by atoms with E-state index in [2.05, 4.69) is 10.5 Å². The molecule has 144 valence electrons. The Kier molecular flexibility index (Phi) is 5.89. The standard InChI is InChI=1S/C22H22N2O4/c1-14-19(15(2)28-24-14)22(26)27-16(3)21(25)23-20(17-10-6-4-7-11-17)18-12-8-5-9-13-18/h4-13,16,20H,1-3H3,(H,23,25)/t16-/m0/s1. The highest BCUT2D eigenvalue weighted by Crippen LogP contribution is 2.22. The zero-order valence-corrected chi connectivity index (χ0v) is 16.0. The minimum atomic E-state index is -0.976. The minimum Gasteiger partial charge on any atom is -0.449 e. The number of rotatable bonds is 6. The second kappa shape index (κ2) is 8.52. The Morgan fingerprint density at radius 3 is 1.96 bits per heavy atom. The van der Waals surface area contributed by atoms with E-state index in [0.717, 1.165) is 11.1 Å². The Hall–Kier alpha value is -3.41. The van der Waals surface area contributed by atoms with Gasteiger partial charge in [0.2, 0.25) is 0 Å². The number of carbonyl (C=O) groups excluding carboxylic acids is 2. The van der Waals surface area contributed by atoms with Crippen molar-refractivity contribution < 1.29 is 18.8 Å². The lowest BCUT2D eigenvalue weighted by atomic mass is 9.98. The Morgan fingerprint density at radius 1 is 0.964 bits per heavy atom. The average Bonchev–Trinajstić information content (AvgIpc) is 3.05. The molecule has 1 atom stereocenters. The molecule has 1 N–H and O–H groups in total. The second-order valence-electron chi connectivity index (χ2n) is 6.51. The van der Waals surface area contributed by atoms with Crippen LogP contribution in [0.25, 0.3) is 0 Å². The molecule has 6 nitrogen and oxygen atoms in total. The largest absolute Gasteiger partial charge is 0.449 e. The molecule has 0 aliphatic carbocycles. The zero-order chi connectivity index (χ0) is 20.1.